The van der Waals surface area contributed by atoms with Crippen molar-refractivity contribution < 1.29 is 14.2 Å². The van der Waals surface area contributed by atoms with Gasteiger partial charge in [-0.05, 0) is 242 Å². The van der Waals surface area contributed by atoms with Crippen LogP contribution in [0.2, 0.25) is 0 Å². The Hall–Kier alpha value is -4.68. The summed E-state index contributed by atoms with van der Waals surface area (Å²) >= 11 is 0. The maximum Gasteiger partial charge on any atom is 0.137 e. The van der Waals surface area contributed by atoms with Crippen molar-refractivity contribution in [3.63, 3.8) is 0 Å². The third-order valence-corrected chi connectivity index (χ3v) is 25.7. The zero-order valence-electron chi connectivity index (χ0n) is 54.4. The normalized spacial score (nSPS) is 35.7. The van der Waals surface area contributed by atoms with Gasteiger partial charge in [0.2, 0.25) is 0 Å². The van der Waals surface area contributed by atoms with Crippen molar-refractivity contribution in [1.29, 1.82) is 10.5 Å². The molecular weight excluding hydrogens is 1040 g/mol. The third kappa shape index (κ3) is 13.0. The molecule has 0 radical (unpaired) electrons. The molecule has 6 saturated carbocycles. The number of benzene rings is 2. The highest BCUT2D eigenvalue weighted by atomic mass is 16.5. The molecule has 9 aliphatic rings. The Morgan fingerprint density at radius 1 is 0.529 bits per heavy atom. The van der Waals surface area contributed by atoms with Crippen LogP contribution in [0, 0.1) is 115 Å². The third-order valence-electron chi connectivity index (χ3n) is 25.7. The van der Waals surface area contributed by atoms with Gasteiger partial charge < -0.3 is 14.2 Å². The lowest BCUT2D eigenvalue weighted by molar-refractivity contribution is -0.0656. The molecule has 1 heterocycles. The van der Waals surface area contributed by atoms with Crippen molar-refractivity contribution in [1.82, 2.24) is 0 Å². The van der Waals surface area contributed by atoms with Gasteiger partial charge in [0.05, 0.1) is 25.4 Å². The SMILES string of the molecule is CC(C)CCC[C@@H](C)[C@H]1CC[C@H]2[C@@H]3CC=C4C[C@@H](OCc5ccc(/C=C/C6=CC(=C(C#N)C#N)C=C(/C=C/c7ccc(CO[C@H]8CC[C@@]9(C)C(=CC[C@H]%10[C@@H]%11CC[C@H]([C@H](C)CCCC(C)C)[C@@]%11(C)CC[C@@H]%109)C8)cc7)O6)cc5)CC[C@]4(C)[C@H]3CC[C@]12C. The fraction of sp³-hybridized carbons (Fsp3) is 0.650. The fourth-order valence-electron chi connectivity index (χ4n) is 20.8. The minimum Gasteiger partial charge on any atom is -0.457 e. The molecule has 0 unspecified atom stereocenters. The first-order chi connectivity index (χ1) is 40.9. The van der Waals surface area contributed by atoms with Crippen molar-refractivity contribution in [2.45, 2.75) is 236 Å². The summed E-state index contributed by atoms with van der Waals surface area (Å²) in [6.07, 6.45) is 46.7. The number of rotatable bonds is 20. The van der Waals surface area contributed by atoms with E-state index in [1.54, 1.807) is 23.3 Å². The molecule has 85 heavy (non-hydrogen) atoms. The summed E-state index contributed by atoms with van der Waals surface area (Å²) in [5, 5.41) is 19.7. The molecular formula is C80H108N2O3. The van der Waals surface area contributed by atoms with E-state index in [0.29, 0.717) is 52.0 Å². The Bertz CT molecular complexity index is 2790. The predicted octanol–water partition coefficient (Wildman–Crippen LogP) is 21.4. The van der Waals surface area contributed by atoms with Gasteiger partial charge in [-0.3, -0.25) is 0 Å². The molecule has 5 heteroatoms. The molecule has 0 bridgehead atoms. The summed E-state index contributed by atoms with van der Waals surface area (Å²) in [7, 11) is 0. The highest BCUT2D eigenvalue weighted by molar-refractivity contribution is 5.60. The van der Waals surface area contributed by atoms with Gasteiger partial charge in [-0.2, -0.15) is 10.5 Å². The first-order valence-electron chi connectivity index (χ1n) is 34.7. The average Bonchev–Trinajstić information content (AvgIpc) is 1.79. The van der Waals surface area contributed by atoms with Gasteiger partial charge >= 0.3 is 0 Å². The van der Waals surface area contributed by atoms with Crippen molar-refractivity contribution in [3.05, 3.63) is 141 Å². The van der Waals surface area contributed by atoms with Crippen LogP contribution in [-0.4, -0.2) is 12.2 Å². The van der Waals surface area contributed by atoms with Gasteiger partial charge in [0.1, 0.15) is 29.2 Å². The van der Waals surface area contributed by atoms with Crippen LogP contribution in [0.5, 0.6) is 0 Å². The number of nitriles is 2. The van der Waals surface area contributed by atoms with Gasteiger partial charge in [0.15, 0.2) is 0 Å². The van der Waals surface area contributed by atoms with Gasteiger partial charge in [0, 0.05) is 5.57 Å². The van der Waals surface area contributed by atoms with E-state index in [2.05, 4.69) is 142 Å². The number of hydrogen-bond donors (Lipinski definition) is 0. The van der Waals surface area contributed by atoms with Crippen LogP contribution < -0.4 is 0 Å². The maximum atomic E-state index is 9.86. The summed E-state index contributed by atoms with van der Waals surface area (Å²) in [4.78, 5) is 0. The van der Waals surface area contributed by atoms with E-state index >= 15 is 0 Å². The largest absolute Gasteiger partial charge is 0.457 e. The molecule has 1 aliphatic heterocycles. The lowest BCUT2D eigenvalue weighted by Gasteiger charge is -2.58. The molecule has 0 aromatic heterocycles. The minimum absolute atomic E-state index is 0.0556. The van der Waals surface area contributed by atoms with E-state index in [4.69, 9.17) is 14.2 Å². The van der Waals surface area contributed by atoms with Crippen LogP contribution in [0.15, 0.2) is 119 Å². The Morgan fingerprint density at radius 3 is 1.35 bits per heavy atom. The van der Waals surface area contributed by atoms with E-state index in [-0.39, 0.29) is 17.8 Å². The molecule has 456 valence electrons. The van der Waals surface area contributed by atoms with Crippen molar-refractivity contribution in [2.24, 2.45) is 92.7 Å². The topological polar surface area (TPSA) is 75.3 Å². The van der Waals surface area contributed by atoms with Crippen LogP contribution in [0.3, 0.4) is 0 Å². The lowest BCUT2D eigenvalue weighted by atomic mass is 9.47. The van der Waals surface area contributed by atoms with Gasteiger partial charge in [-0.25, -0.2) is 0 Å². The molecule has 0 spiro atoms. The van der Waals surface area contributed by atoms with E-state index in [1.165, 1.54) is 127 Å². The van der Waals surface area contributed by atoms with Gasteiger partial charge in [-0.15, -0.1) is 0 Å². The second-order valence-electron chi connectivity index (χ2n) is 31.3. The molecule has 0 amide bonds. The second-order valence-corrected chi connectivity index (χ2v) is 31.3. The number of ether oxygens (including phenoxy) is 3. The van der Waals surface area contributed by atoms with E-state index < -0.39 is 0 Å². The van der Waals surface area contributed by atoms with E-state index in [9.17, 15) is 10.5 Å². The molecule has 16 atom stereocenters. The summed E-state index contributed by atoms with van der Waals surface area (Å²) in [5.74, 6) is 11.4. The molecule has 2 aromatic rings. The number of fused-ring (bicyclic) bond motifs is 10. The summed E-state index contributed by atoms with van der Waals surface area (Å²) < 4.78 is 19.8. The van der Waals surface area contributed by atoms with E-state index in [0.717, 1.165) is 108 Å². The predicted molar refractivity (Wildman–Crippen MR) is 350 cm³/mol. The Morgan fingerprint density at radius 2 is 0.953 bits per heavy atom. The smallest absolute Gasteiger partial charge is 0.137 e. The fourth-order valence-corrected chi connectivity index (χ4v) is 20.8. The average molecular weight is 1150 g/mol. The summed E-state index contributed by atoms with van der Waals surface area (Å²) in [6.45, 7) is 26.6. The molecule has 2 aromatic carbocycles. The second kappa shape index (κ2) is 26.2. The number of hydrogen-bond acceptors (Lipinski definition) is 5. The molecule has 6 fully saturated rings. The Balaban J connectivity index is 0.641. The first kappa shape index (κ1) is 61.9. The number of nitrogens with zero attached hydrogens (tertiary/aromatic N) is 2. The number of allylic oxidation sites excluding steroid dienone is 8. The summed E-state index contributed by atoms with van der Waals surface area (Å²) in [6, 6.07) is 21.4. The quantitative estimate of drug-likeness (QED) is 0.0975. The monoisotopic (exact) mass is 1140 g/mol. The molecule has 11 rings (SSSR count). The lowest BCUT2D eigenvalue weighted by Crippen LogP contribution is -2.51. The molecule has 0 saturated heterocycles. The van der Waals surface area contributed by atoms with Gasteiger partial charge in [0.25, 0.3) is 0 Å². The van der Waals surface area contributed by atoms with Crippen molar-refractivity contribution in [2.75, 3.05) is 0 Å². The Labute approximate surface area is 516 Å². The molecule has 5 nitrogen and oxygen atoms in total. The molecule has 0 N–H and O–H groups in total. The zero-order valence-corrected chi connectivity index (χ0v) is 54.4. The van der Waals surface area contributed by atoms with E-state index in [1.807, 2.05) is 24.3 Å². The minimum atomic E-state index is 0.0556. The van der Waals surface area contributed by atoms with Crippen LogP contribution in [0.1, 0.15) is 233 Å². The van der Waals surface area contributed by atoms with Gasteiger partial charge in [-0.1, -0.05) is 192 Å². The standard InChI is InChI=1S/C80H108N2O3/c1-53(2)13-11-15-55(5)71-33-35-73-69-31-27-63-47-65(37-41-77(63,7)75(69)39-43-79(71,73)9)83-51-59-21-17-57(18-22-59)25-29-67-45-61(62(49-81)50-82)46-68(85-67)30-26-58-19-23-60(24-20-58)52-84-66-38-42-78(8)64(48-66)28-32-70-74-36-34-72(56(6)16-12-14-54(3)4)80(74,10)44-40-76(70)78/h17-30,45-46,53-56,65-66,69-76H,11-16,31-44,47-48,51-52H2,1-10H3/b29-25+,30-26+/t55-,56-,65+,66+,69+,70+,71-,72-,73+,74+,75+,76+,77+,78+,79-,80-/m1/s1. The molecule has 8 aliphatic carbocycles. The van der Waals surface area contributed by atoms with Crippen molar-refractivity contribution in [3.8, 4) is 12.1 Å². The van der Waals surface area contributed by atoms with Crippen LogP contribution in [-0.2, 0) is 27.4 Å². The highest BCUT2D eigenvalue weighted by Gasteiger charge is 2.61. The van der Waals surface area contributed by atoms with Crippen molar-refractivity contribution >= 4 is 12.2 Å². The van der Waals surface area contributed by atoms with Crippen LogP contribution >= 0.6 is 0 Å². The summed E-state index contributed by atoms with van der Waals surface area (Å²) in [5.41, 5.74) is 10.1. The first-order valence-corrected chi connectivity index (χ1v) is 34.7. The highest BCUT2D eigenvalue weighted by Crippen LogP contribution is 2.69. The van der Waals surface area contributed by atoms with Crippen LogP contribution in [0.4, 0.5) is 0 Å². The zero-order chi connectivity index (χ0) is 59.7. The Kier molecular flexibility index (Phi) is 19.1. The maximum absolute atomic E-state index is 9.86. The van der Waals surface area contributed by atoms with Crippen LogP contribution in [0.25, 0.3) is 12.2 Å².